The van der Waals surface area contributed by atoms with Crippen molar-refractivity contribution in [3.63, 3.8) is 0 Å². The Bertz CT molecular complexity index is 684. The van der Waals surface area contributed by atoms with Gasteiger partial charge in [0.15, 0.2) is 0 Å². The van der Waals surface area contributed by atoms with Gasteiger partial charge in [-0.1, -0.05) is 30.3 Å². The van der Waals surface area contributed by atoms with E-state index in [4.69, 9.17) is 14.2 Å². The van der Waals surface area contributed by atoms with Gasteiger partial charge in [-0.3, -0.25) is 14.6 Å². The molecule has 1 aromatic carbocycles. The highest BCUT2D eigenvalue weighted by molar-refractivity contribution is 5.72. The van der Waals surface area contributed by atoms with Gasteiger partial charge in [-0.15, -0.1) is 0 Å². The summed E-state index contributed by atoms with van der Waals surface area (Å²) >= 11 is 0. The third kappa shape index (κ3) is 7.01. The molecule has 1 aliphatic heterocycles. The standard InChI is InChI=1S/C22H34N2O5/c1-7-27-19(25)15-23(13-17-11-9-8-10-12-17)14-18-16-28-22(5,6)24(18)20(26)29-21(2,3)4/h8-12,18H,7,13-16H2,1-6H3/t18-/m1/s1. The maximum absolute atomic E-state index is 12.9. The third-order valence-electron chi connectivity index (χ3n) is 4.54. The van der Waals surface area contributed by atoms with Crippen LogP contribution in [0, 0.1) is 0 Å². The molecule has 1 aromatic rings. The molecule has 0 radical (unpaired) electrons. The van der Waals surface area contributed by atoms with Gasteiger partial charge >= 0.3 is 12.1 Å². The van der Waals surface area contributed by atoms with Crippen LogP contribution in [-0.2, 0) is 25.5 Å². The van der Waals surface area contributed by atoms with Crippen LogP contribution in [0.25, 0.3) is 0 Å². The third-order valence-corrected chi connectivity index (χ3v) is 4.54. The molecule has 0 bridgehead atoms. The van der Waals surface area contributed by atoms with Gasteiger partial charge in [-0.2, -0.15) is 0 Å². The molecule has 7 heteroatoms. The second-order valence-corrected chi connectivity index (χ2v) is 8.72. The molecule has 2 rings (SSSR count). The first-order valence-corrected chi connectivity index (χ1v) is 10.1. The fourth-order valence-corrected chi connectivity index (χ4v) is 3.41. The van der Waals surface area contributed by atoms with Crippen LogP contribution in [-0.4, -0.2) is 65.5 Å². The van der Waals surface area contributed by atoms with Crippen molar-refractivity contribution in [1.29, 1.82) is 0 Å². The van der Waals surface area contributed by atoms with Crippen molar-refractivity contribution in [1.82, 2.24) is 9.80 Å². The summed E-state index contributed by atoms with van der Waals surface area (Å²) in [5, 5.41) is 0. The van der Waals surface area contributed by atoms with Crippen molar-refractivity contribution >= 4 is 12.1 Å². The minimum absolute atomic E-state index is 0.141. The molecule has 1 saturated heterocycles. The highest BCUT2D eigenvalue weighted by Crippen LogP contribution is 2.30. The van der Waals surface area contributed by atoms with E-state index in [2.05, 4.69) is 0 Å². The number of esters is 1. The lowest BCUT2D eigenvalue weighted by molar-refractivity contribution is -0.144. The van der Waals surface area contributed by atoms with E-state index < -0.39 is 17.4 Å². The average Bonchev–Trinajstić information content (AvgIpc) is 2.88. The normalized spacial score (nSPS) is 18.7. The second-order valence-electron chi connectivity index (χ2n) is 8.72. The minimum atomic E-state index is -0.782. The zero-order chi connectivity index (χ0) is 21.7. The predicted octanol–water partition coefficient (Wildman–Crippen LogP) is 3.42. The van der Waals surface area contributed by atoms with Crippen LogP contribution in [0.4, 0.5) is 4.79 Å². The Morgan fingerprint density at radius 3 is 2.48 bits per heavy atom. The van der Waals surface area contributed by atoms with Crippen LogP contribution in [0.5, 0.6) is 0 Å². The molecule has 0 spiro atoms. The van der Waals surface area contributed by atoms with Crippen molar-refractivity contribution in [2.75, 3.05) is 26.3 Å². The first kappa shape index (κ1) is 23.2. The van der Waals surface area contributed by atoms with Gasteiger partial charge in [-0.05, 0) is 47.1 Å². The summed E-state index contributed by atoms with van der Waals surface area (Å²) in [7, 11) is 0. The maximum atomic E-state index is 12.9. The lowest BCUT2D eigenvalue weighted by Gasteiger charge is -2.36. The predicted molar refractivity (Wildman–Crippen MR) is 110 cm³/mol. The van der Waals surface area contributed by atoms with Crippen LogP contribution in [0.2, 0.25) is 0 Å². The number of ether oxygens (including phenoxy) is 3. The Morgan fingerprint density at radius 1 is 1.24 bits per heavy atom. The van der Waals surface area contributed by atoms with Crippen molar-refractivity contribution < 1.29 is 23.8 Å². The first-order valence-electron chi connectivity index (χ1n) is 10.1. The van der Waals surface area contributed by atoms with Gasteiger partial charge in [0.25, 0.3) is 0 Å². The Morgan fingerprint density at radius 2 is 1.90 bits per heavy atom. The van der Waals surface area contributed by atoms with E-state index in [-0.39, 0.29) is 18.6 Å². The van der Waals surface area contributed by atoms with Gasteiger partial charge in [0.1, 0.15) is 11.3 Å². The number of benzene rings is 1. The lowest BCUT2D eigenvalue weighted by atomic mass is 10.1. The van der Waals surface area contributed by atoms with Crippen LogP contribution >= 0.6 is 0 Å². The maximum Gasteiger partial charge on any atom is 0.412 e. The van der Waals surface area contributed by atoms with E-state index in [0.717, 1.165) is 5.56 Å². The quantitative estimate of drug-likeness (QED) is 0.647. The van der Waals surface area contributed by atoms with Crippen LogP contribution in [0.15, 0.2) is 30.3 Å². The number of hydrogen-bond donors (Lipinski definition) is 0. The summed E-state index contributed by atoms with van der Waals surface area (Å²) in [6, 6.07) is 9.67. The van der Waals surface area contributed by atoms with E-state index in [1.54, 1.807) is 11.8 Å². The molecule has 162 valence electrons. The van der Waals surface area contributed by atoms with Crippen LogP contribution in [0.1, 0.15) is 47.1 Å². The number of carbonyl (C=O) groups excluding carboxylic acids is 2. The highest BCUT2D eigenvalue weighted by Gasteiger charge is 2.46. The Hall–Kier alpha value is -2.12. The Kier molecular flexibility index (Phi) is 7.66. The van der Waals surface area contributed by atoms with Gasteiger partial charge < -0.3 is 14.2 Å². The molecule has 1 heterocycles. The second kappa shape index (κ2) is 9.59. The van der Waals surface area contributed by atoms with Gasteiger partial charge in [0.05, 0.1) is 25.8 Å². The molecule has 7 nitrogen and oxygen atoms in total. The lowest BCUT2D eigenvalue weighted by Crippen LogP contribution is -2.53. The summed E-state index contributed by atoms with van der Waals surface area (Å²) < 4.78 is 16.6. The van der Waals surface area contributed by atoms with E-state index >= 15 is 0 Å². The largest absolute Gasteiger partial charge is 0.465 e. The monoisotopic (exact) mass is 406 g/mol. The number of carbonyl (C=O) groups is 2. The van der Waals surface area contributed by atoms with E-state index in [1.807, 2.05) is 69.9 Å². The van der Waals surface area contributed by atoms with Gasteiger partial charge in [-0.25, -0.2) is 4.79 Å². The number of nitrogens with zero attached hydrogens (tertiary/aromatic N) is 2. The summed E-state index contributed by atoms with van der Waals surface area (Å²) in [5.41, 5.74) is -0.302. The first-order chi connectivity index (χ1) is 13.5. The molecule has 1 aliphatic rings. The molecule has 29 heavy (non-hydrogen) atoms. The smallest absolute Gasteiger partial charge is 0.412 e. The topological polar surface area (TPSA) is 68.3 Å². The highest BCUT2D eigenvalue weighted by atomic mass is 16.6. The van der Waals surface area contributed by atoms with Crippen molar-refractivity contribution in [2.45, 2.75) is 65.5 Å². The summed E-state index contributed by atoms with van der Waals surface area (Å²) in [5.74, 6) is -0.287. The summed E-state index contributed by atoms with van der Waals surface area (Å²) in [4.78, 5) is 28.6. The molecule has 0 aromatic heterocycles. The molecule has 1 fully saturated rings. The molecule has 0 N–H and O–H groups in total. The van der Waals surface area contributed by atoms with Gasteiger partial charge in [0, 0.05) is 13.1 Å². The SMILES string of the molecule is CCOC(=O)CN(Cc1ccccc1)C[C@@H]1COC(C)(C)N1C(=O)OC(C)(C)C. The van der Waals surface area contributed by atoms with Crippen molar-refractivity contribution in [3.8, 4) is 0 Å². The molecule has 1 atom stereocenters. The van der Waals surface area contributed by atoms with E-state index in [9.17, 15) is 9.59 Å². The zero-order valence-electron chi connectivity index (χ0n) is 18.4. The molecule has 0 aliphatic carbocycles. The van der Waals surface area contributed by atoms with E-state index in [1.165, 1.54) is 0 Å². The van der Waals surface area contributed by atoms with Crippen molar-refractivity contribution in [2.24, 2.45) is 0 Å². The minimum Gasteiger partial charge on any atom is -0.465 e. The number of hydrogen-bond acceptors (Lipinski definition) is 6. The molecule has 0 unspecified atom stereocenters. The van der Waals surface area contributed by atoms with E-state index in [0.29, 0.717) is 26.3 Å². The molecular weight excluding hydrogens is 372 g/mol. The molecular formula is C22H34N2O5. The fraction of sp³-hybridized carbons (Fsp3) is 0.636. The summed E-state index contributed by atoms with van der Waals surface area (Å²) in [6.07, 6.45) is -0.416. The van der Waals surface area contributed by atoms with Gasteiger partial charge in [0.2, 0.25) is 0 Å². The Balaban J connectivity index is 2.17. The Labute approximate surface area is 173 Å². The fourth-order valence-electron chi connectivity index (χ4n) is 3.41. The average molecular weight is 407 g/mol. The number of rotatable bonds is 7. The van der Waals surface area contributed by atoms with Crippen LogP contribution < -0.4 is 0 Å². The summed E-state index contributed by atoms with van der Waals surface area (Å²) in [6.45, 7) is 12.9. The van der Waals surface area contributed by atoms with Crippen LogP contribution in [0.3, 0.4) is 0 Å². The zero-order valence-corrected chi connectivity index (χ0v) is 18.4. The number of amides is 1. The van der Waals surface area contributed by atoms with Crippen molar-refractivity contribution in [3.05, 3.63) is 35.9 Å². The molecule has 0 saturated carbocycles. The molecule has 1 amide bonds.